The fourth-order valence-corrected chi connectivity index (χ4v) is 2.11. The highest BCUT2D eigenvalue weighted by Gasteiger charge is 2.05. The molecule has 0 saturated carbocycles. The molecule has 18 heavy (non-hydrogen) atoms. The maximum Gasteiger partial charge on any atom is 0.148 e. The van der Waals surface area contributed by atoms with Gasteiger partial charge in [0.2, 0.25) is 0 Å². The zero-order chi connectivity index (χ0) is 13.4. The van der Waals surface area contributed by atoms with Crippen molar-refractivity contribution in [2.45, 2.75) is 13.5 Å². The number of nitrogens with one attached hydrogen (secondary N) is 1. The Kier molecular flexibility index (Phi) is 6.38. The van der Waals surface area contributed by atoms with Gasteiger partial charge in [-0.15, -0.1) is 0 Å². The number of furan rings is 1. The third-order valence-electron chi connectivity index (χ3n) is 2.66. The standard InChI is InChI=1S/C12H22N2O3S/c1-3-14(11-12-5-4-9-17-12)8-6-13-7-10-18(2,15)16/h4-5,9,13H,3,6-8,10-11H2,1-2H3. The first-order valence-corrected chi connectivity index (χ1v) is 8.20. The van der Waals surface area contributed by atoms with Crippen molar-refractivity contribution in [3.05, 3.63) is 24.2 Å². The quantitative estimate of drug-likeness (QED) is 0.673. The lowest BCUT2D eigenvalue weighted by Crippen LogP contribution is -2.33. The zero-order valence-electron chi connectivity index (χ0n) is 11.1. The van der Waals surface area contributed by atoms with E-state index < -0.39 is 9.84 Å². The Morgan fingerprint density at radius 1 is 1.39 bits per heavy atom. The second-order valence-electron chi connectivity index (χ2n) is 4.33. The lowest BCUT2D eigenvalue weighted by atomic mass is 10.4. The summed E-state index contributed by atoms with van der Waals surface area (Å²) in [6.45, 7) is 5.99. The first-order chi connectivity index (χ1) is 8.51. The highest BCUT2D eigenvalue weighted by molar-refractivity contribution is 7.90. The van der Waals surface area contributed by atoms with Gasteiger partial charge in [0.1, 0.15) is 15.6 Å². The van der Waals surface area contributed by atoms with Crippen LogP contribution in [0.5, 0.6) is 0 Å². The molecule has 0 spiro atoms. The Hall–Kier alpha value is -0.850. The Bertz CT molecular complexity index is 415. The fourth-order valence-electron chi connectivity index (χ4n) is 1.59. The van der Waals surface area contributed by atoms with Gasteiger partial charge in [0.05, 0.1) is 18.6 Å². The Balaban J connectivity index is 2.16. The molecule has 104 valence electrons. The smallest absolute Gasteiger partial charge is 0.148 e. The van der Waals surface area contributed by atoms with Crippen LogP contribution in [0.15, 0.2) is 22.8 Å². The lowest BCUT2D eigenvalue weighted by molar-refractivity contribution is 0.256. The van der Waals surface area contributed by atoms with Crippen molar-refractivity contribution in [3.8, 4) is 0 Å². The predicted molar refractivity (Wildman–Crippen MR) is 72.2 cm³/mol. The second-order valence-corrected chi connectivity index (χ2v) is 6.59. The third kappa shape index (κ3) is 6.78. The summed E-state index contributed by atoms with van der Waals surface area (Å²) in [5.41, 5.74) is 0. The molecule has 0 fully saturated rings. The molecule has 0 aliphatic carbocycles. The topological polar surface area (TPSA) is 62.6 Å². The van der Waals surface area contributed by atoms with Crippen LogP contribution in [0.25, 0.3) is 0 Å². The van der Waals surface area contributed by atoms with E-state index in [1.807, 2.05) is 12.1 Å². The van der Waals surface area contributed by atoms with E-state index >= 15 is 0 Å². The van der Waals surface area contributed by atoms with Gasteiger partial charge < -0.3 is 9.73 Å². The van der Waals surface area contributed by atoms with Crippen LogP contribution in [-0.4, -0.2) is 51.5 Å². The summed E-state index contributed by atoms with van der Waals surface area (Å²) in [4.78, 5) is 2.24. The molecular formula is C12H22N2O3S. The van der Waals surface area contributed by atoms with E-state index in [4.69, 9.17) is 4.42 Å². The van der Waals surface area contributed by atoms with Crippen molar-refractivity contribution in [2.24, 2.45) is 0 Å². The summed E-state index contributed by atoms with van der Waals surface area (Å²) >= 11 is 0. The Morgan fingerprint density at radius 3 is 2.72 bits per heavy atom. The Labute approximate surface area is 109 Å². The second kappa shape index (κ2) is 7.56. The first-order valence-electron chi connectivity index (χ1n) is 6.14. The largest absolute Gasteiger partial charge is 0.468 e. The molecule has 1 heterocycles. The summed E-state index contributed by atoms with van der Waals surface area (Å²) in [6.07, 6.45) is 2.93. The zero-order valence-corrected chi connectivity index (χ0v) is 11.9. The van der Waals surface area contributed by atoms with Crippen molar-refractivity contribution in [1.82, 2.24) is 10.2 Å². The van der Waals surface area contributed by atoms with Crippen LogP contribution in [0.3, 0.4) is 0 Å². The van der Waals surface area contributed by atoms with Crippen molar-refractivity contribution < 1.29 is 12.8 Å². The van der Waals surface area contributed by atoms with Crippen molar-refractivity contribution in [1.29, 1.82) is 0 Å². The SMILES string of the molecule is CCN(CCNCCS(C)(=O)=O)Cc1ccco1. The maximum absolute atomic E-state index is 10.9. The number of nitrogens with zero attached hydrogens (tertiary/aromatic N) is 1. The average Bonchev–Trinajstić information content (AvgIpc) is 2.78. The summed E-state index contributed by atoms with van der Waals surface area (Å²) in [5, 5.41) is 3.13. The van der Waals surface area contributed by atoms with E-state index in [9.17, 15) is 8.42 Å². The van der Waals surface area contributed by atoms with Crippen LogP contribution < -0.4 is 5.32 Å². The van der Waals surface area contributed by atoms with Gasteiger partial charge in [-0.2, -0.15) is 0 Å². The molecule has 0 aliphatic rings. The fraction of sp³-hybridized carbons (Fsp3) is 0.667. The molecule has 5 nitrogen and oxygen atoms in total. The third-order valence-corrected chi connectivity index (χ3v) is 3.61. The van der Waals surface area contributed by atoms with Crippen molar-refractivity contribution >= 4 is 9.84 Å². The molecule has 0 aliphatic heterocycles. The highest BCUT2D eigenvalue weighted by Crippen LogP contribution is 2.04. The summed E-state index contributed by atoms with van der Waals surface area (Å²) in [6, 6.07) is 3.84. The van der Waals surface area contributed by atoms with Crippen LogP contribution in [-0.2, 0) is 16.4 Å². The maximum atomic E-state index is 10.9. The molecule has 0 bridgehead atoms. The summed E-state index contributed by atoms with van der Waals surface area (Å²) < 4.78 is 27.2. The Morgan fingerprint density at radius 2 is 2.17 bits per heavy atom. The molecule has 1 rings (SSSR count). The van der Waals surface area contributed by atoms with Crippen molar-refractivity contribution in [3.63, 3.8) is 0 Å². The van der Waals surface area contributed by atoms with Crippen LogP contribution >= 0.6 is 0 Å². The molecule has 1 N–H and O–H groups in total. The van der Waals surface area contributed by atoms with Gasteiger partial charge in [-0.25, -0.2) is 8.42 Å². The molecule has 6 heteroatoms. The minimum absolute atomic E-state index is 0.192. The van der Waals surface area contributed by atoms with Gasteiger partial charge in [0.15, 0.2) is 0 Å². The minimum atomic E-state index is -2.86. The summed E-state index contributed by atoms with van der Waals surface area (Å²) in [7, 11) is -2.86. The number of hydrogen-bond donors (Lipinski definition) is 1. The number of sulfone groups is 1. The summed E-state index contributed by atoms with van der Waals surface area (Å²) in [5.74, 6) is 1.14. The normalized spacial score (nSPS) is 12.2. The van der Waals surface area contributed by atoms with Crippen LogP contribution in [0.1, 0.15) is 12.7 Å². The molecule has 1 aromatic heterocycles. The van der Waals surface area contributed by atoms with E-state index in [1.54, 1.807) is 6.26 Å². The number of likely N-dealkylation sites (N-methyl/N-ethyl adjacent to an activating group) is 1. The average molecular weight is 274 g/mol. The van der Waals surface area contributed by atoms with Crippen molar-refractivity contribution in [2.75, 3.05) is 38.2 Å². The molecule has 1 aromatic rings. The molecule has 0 atom stereocenters. The molecule has 0 radical (unpaired) electrons. The van der Waals surface area contributed by atoms with Gasteiger partial charge in [-0.3, -0.25) is 4.90 Å². The lowest BCUT2D eigenvalue weighted by Gasteiger charge is -2.19. The molecule has 0 unspecified atom stereocenters. The first kappa shape index (κ1) is 15.2. The number of rotatable bonds is 9. The molecule has 0 aromatic carbocycles. The van der Waals surface area contributed by atoms with Crippen LogP contribution in [0.4, 0.5) is 0 Å². The van der Waals surface area contributed by atoms with Gasteiger partial charge in [-0.1, -0.05) is 6.92 Å². The molecule has 0 amide bonds. The monoisotopic (exact) mass is 274 g/mol. The van der Waals surface area contributed by atoms with Gasteiger partial charge in [0, 0.05) is 25.9 Å². The highest BCUT2D eigenvalue weighted by atomic mass is 32.2. The van der Waals surface area contributed by atoms with E-state index in [0.29, 0.717) is 6.54 Å². The number of hydrogen-bond acceptors (Lipinski definition) is 5. The van der Waals surface area contributed by atoms with Crippen LogP contribution in [0.2, 0.25) is 0 Å². The van der Waals surface area contributed by atoms with E-state index in [2.05, 4.69) is 17.1 Å². The van der Waals surface area contributed by atoms with E-state index in [-0.39, 0.29) is 5.75 Å². The molecular weight excluding hydrogens is 252 g/mol. The van der Waals surface area contributed by atoms with Crippen LogP contribution in [0, 0.1) is 0 Å². The van der Waals surface area contributed by atoms with Gasteiger partial charge in [0.25, 0.3) is 0 Å². The van der Waals surface area contributed by atoms with E-state index in [1.165, 1.54) is 6.26 Å². The van der Waals surface area contributed by atoms with E-state index in [0.717, 1.165) is 31.9 Å². The molecule has 0 saturated heterocycles. The van der Waals surface area contributed by atoms with Gasteiger partial charge >= 0.3 is 0 Å². The van der Waals surface area contributed by atoms with Gasteiger partial charge in [-0.05, 0) is 18.7 Å². The predicted octanol–water partition coefficient (Wildman–Crippen LogP) is 0.736. The minimum Gasteiger partial charge on any atom is -0.468 e.